The molecule has 0 aliphatic heterocycles. The first-order valence-electron chi connectivity index (χ1n) is 42.4. The second-order valence-corrected chi connectivity index (χ2v) is 33.6. The van der Waals surface area contributed by atoms with Crippen LogP contribution in [0.25, 0.3) is 0 Å². The predicted molar refractivity (Wildman–Crippen MR) is 414 cm³/mol. The third-order valence-corrected chi connectivity index (χ3v) is 21.4. The number of phosphoric acid groups is 2. The van der Waals surface area contributed by atoms with E-state index in [1.165, 1.54) is 238 Å². The average Bonchev–Trinajstić information content (AvgIpc) is 1.10. The highest BCUT2D eigenvalue weighted by Crippen LogP contribution is 2.45. The number of ether oxygens (including phenoxy) is 4. The highest BCUT2D eigenvalue weighted by Gasteiger charge is 2.30. The van der Waals surface area contributed by atoms with Crippen LogP contribution in [0.3, 0.4) is 0 Å². The Hall–Kier alpha value is -1.94. The second kappa shape index (κ2) is 72.3. The van der Waals surface area contributed by atoms with Gasteiger partial charge in [0.2, 0.25) is 0 Å². The summed E-state index contributed by atoms with van der Waals surface area (Å²) in [6.07, 6.45) is 60.9. The maximum Gasteiger partial charge on any atom is 0.472 e. The second-order valence-electron chi connectivity index (χ2n) is 30.7. The molecule has 17 nitrogen and oxygen atoms in total. The number of aliphatic hydroxyl groups is 1. The Morgan fingerprint density at radius 2 is 0.505 bits per heavy atom. The van der Waals surface area contributed by atoms with Crippen molar-refractivity contribution in [3.63, 3.8) is 0 Å². The minimum atomic E-state index is -4.96. The summed E-state index contributed by atoms with van der Waals surface area (Å²) in [5.41, 5.74) is 0. The molecule has 0 aromatic rings. The summed E-state index contributed by atoms with van der Waals surface area (Å²) in [5.74, 6) is 0.273. The maximum absolute atomic E-state index is 13.1. The van der Waals surface area contributed by atoms with Crippen LogP contribution < -0.4 is 0 Å². The molecule has 600 valence electrons. The molecule has 0 radical (unpaired) electrons. The standard InChI is InChI=1S/C82H160O17P2/c1-8-10-11-12-13-14-15-22-26-35-42-49-56-63-79(84)92-69-78(99-82(87)66-59-52-45-38-30-28-33-40-47-54-61-74(5)6)72-97-101(90,91)95-68-76(83)67-94-100(88,89)96-71-77(70-93-80(85)64-57-50-43-36-31-29-34-41-48-55-62-75(7)9-2)98-81(86)65-58-51-44-37-27-24-21-19-17-16-18-20-23-25-32-39-46-53-60-73(3)4/h73-78,83H,8-72H2,1-7H3,(H,88,89)(H,90,91)/t75?,76-,77-,78-/m1/s1. The fourth-order valence-electron chi connectivity index (χ4n) is 12.6. The minimum absolute atomic E-state index is 0.106. The van der Waals surface area contributed by atoms with E-state index < -0.39 is 97.5 Å². The van der Waals surface area contributed by atoms with Crippen molar-refractivity contribution in [2.75, 3.05) is 39.6 Å². The van der Waals surface area contributed by atoms with E-state index in [-0.39, 0.29) is 25.7 Å². The molecule has 6 atom stereocenters. The Kier molecular flexibility index (Phi) is 70.9. The Bertz CT molecular complexity index is 1960. The normalized spacial score (nSPS) is 14.2. The van der Waals surface area contributed by atoms with Crippen LogP contribution in [0.15, 0.2) is 0 Å². The van der Waals surface area contributed by atoms with Crippen LogP contribution in [0, 0.1) is 17.8 Å². The molecule has 0 spiro atoms. The van der Waals surface area contributed by atoms with E-state index in [2.05, 4.69) is 48.5 Å². The van der Waals surface area contributed by atoms with Crippen LogP contribution in [-0.4, -0.2) is 96.7 Å². The van der Waals surface area contributed by atoms with Crippen molar-refractivity contribution in [1.29, 1.82) is 0 Å². The molecule has 3 N–H and O–H groups in total. The van der Waals surface area contributed by atoms with Gasteiger partial charge in [-0.25, -0.2) is 9.13 Å². The number of esters is 4. The van der Waals surface area contributed by atoms with E-state index in [0.717, 1.165) is 108 Å². The van der Waals surface area contributed by atoms with Crippen molar-refractivity contribution in [3.8, 4) is 0 Å². The number of hydrogen-bond donors (Lipinski definition) is 3. The third kappa shape index (κ3) is 74.7. The first kappa shape index (κ1) is 99.1. The monoisotopic (exact) mass is 1480 g/mol. The van der Waals surface area contributed by atoms with Gasteiger partial charge >= 0.3 is 39.5 Å². The third-order valence-electron chi connectivity index (χ3n) is 19.5. The molecule has 0 fully saturated rings. The Labute approximate surface area is 619 Å². The molecule has 0 bridgehead atoms. The SMILES string of the molecule is CCCCCCCCCCCCCCCC(=O)OC[C@H](COP(=O)(O)OC[C@H](O)COP(=O)(O)OC[C@@H](COC(=O)CCCCCCCCCCCCC(C)CC)OC(=O)CCCCCCCCCCCCCCCCCCCCC(C)C)OC(=O)CCCCCCCCCCCCC(C)C. The van der Waals surface area contributed by atoms with Crippen molar-refractivity contribution in [3.05, 3.63) is 0 Å². The Morgan fingerprint density at radius 3 is 0.752 bits per heavy atom. The topological polar surface area (TPSA) is 237 Å². The molecule has 101 heavy (non-hydrogen) atoms. The number of unbranched alkanes of at least 4 members (excludes halogenated alkanes) is 47. The molecular formula is C82H160O17P2. The van der Waals surface area contributed by atoms with Crippen molar-refractivity contribution in [1.82, 2.24) is 0 Å². The molecule has 0 rings (SSSR count). The van der Waals surface area contributed by atoms with Crippen LogP contribution in [-0.2, 0) is 65.4 Å². The number of phosphoric ester groups is 2. The van der Waals surface area contributed by atoms with Crippen molar-refractivity contribution in [2.24, 2.45) is 17.8 Å². The zero-order chi connectivity index (χ0) is 74.4. The molecular weight excluding hydrogens is 1320 g/mol. The van der Waals surface area contributed by atoms with Gasteiger partial charge in [-0.15, -0.1) is 0 Å². The molecule has 0 aliphatic carbocycles. The van der Waals surface area contributed by atoms with Crippen LogP contribution >= 0.6 is 15.6 Å². The lowest BCUT2D eigenvalue weighted by atomic mass is 9.99. The van der Waals surface area contributed by atoms with Gasteiger partial charge < -0.3 is 33.8 Å². The van der Waals surface area contributed by atoms with Gasteiger partial charge in [0.05, 0.1) is 26.4 Å². The van der Waals surface area contributed by atoms with Gasteiger partial charge in [-0.2, -0.15) is 0 Å². The van der Waals surface area contributed by atoms with Gasteiger partial charge in [0.25, 0.3) is 0 Å². The molecule has 0 saturated carbocycles. The van der Waals surface area contributed by atoms with E-state index in [4.69, 9.17) is 37.0 Å². The number of rotatable bonds is 80. The highest BCUT2D eigenvalue weighted by molar-refractivity contribution is 7.47. The first-order valence-corrected chi connectivity index (χ1v) is 45.4. The first-order chi connectivity index (χ1) is 48.8. The molecule has 0 heterocycles. The summed E-state index contributed by atoms with van der Waals surface area (Å²) in [6.45, 7) is 12.0. The predicted octanol–water partition coefficient (Wildman–Crippen LogP) is 24.5. The van der Waals surface area contributed by atoms with Gasteiger partial charge in [-0.05, 0) is 43.4 Å². The van der Waals surface area contributed by atoms with E-state index >= 15 is 0 Å². The Balaban J connectivity index is 5.24. The lowest BCUT2D eigenvalue weighted by molar-refractivity contribution is -0.161. The van der Waals surface area contributed by atoms with E-state index in [9.17, 15) is 43.2 Å². The summed E-state index contributed by atoms with van der Waals surface area (Å²) in [5, 5.41) is 10.7. The average molecular weight is 1480 g/mol. The fourth-order valence-corrected chi connectivity index (χ4v) is 14.2. The van der Waals surface area contributed by atoms with E-state index in [1.807, 2.05) is 0 Å². The van der Waals surface area contributed by atoms with Crippen molar-refractivity contribution < 1.29 is 80.2 Å². The molecule has 0 saturated heterocycles. The Morgan fingerprint density at radius 1 is 0.287 bits per heavy atom. The van der Waals surface area contributed by atoms with Crippen LogP contribution in [0.4, 0.5) is 0 Å². The summed E-state index contributed by atoms with van der Waals surface area (Å²) < 4.78 is 68.8. The lowest BCUT2D eigenvalue weighted by Gasteiger charge is -2.21. The molecule has 3 unspecified atom stereocenters. The molecule has 0 aliphatic rings. The highest BCUT2D eigenvalue weighted by atomic mass is 31.2. The van der Waals surface area contributed by atoms with Crippen LogP contribution in [0.5, 0.6) is 0 Å². The molecule has 19 heteroatoms. The zero-order valence-electron chi connectivity index (χ0n) is 66.4. The fraction of sp³-hybridized carbons (Fsp3) is 0.951. The quantitative estimate of drug-likeness (QED) is 0.0222. The zero-order valence-corrected chi connectivity index (χ0v) is 68.2. The van der Waals surface area contributed by atoms with Gasteiger partial charge in [-0.3, -0.25) is 37.3 Å². The number of carbonyl (C=O) groups excluding carboxylic acids is 4. The summed E-state index contributed by atoms with van der Waals surface area (Å²) in [4.78, 5) is 73.1. The smallest absolute Gasteiger partial charge is 0.462 e. The van der Waals surface area contributed by atoms with Crippen LogP contribution in [0.2, 0.25) is 0 Å². The maximum atomic E-state index is 13.1. The molecule has 0 aromatic heterocycles. The van der Waals surface area contributed by atoms with Gasteiger partial charge in [-0.1, -0.05) is 376 Å². The van der Waals surface area contributed by atoms with Gasteiger partial charge in [0, 0.05) is 25.7 Å². The number of carbonyl (C=O) groups is 4. The summed E-state index contributed by atoms with van der Waals surface area (Å²) in [6, 6.07) is 0. The lowest BCUT2D eigenvalue weighted by Crippen LogP contribution is -2.30. The summed E-state index contributed by atoms with van der Waals surface area (Å²) in [7, 11) is -9.92. The molecule has 0 amide bonds. The van der Waals surface area contributed by atoms with Crippen molar-refractivity contribution in [2.45, 2.75) is 446 Å². The van der Waals surface area contributed by atoms with Gasteiger partial charge in [0.1, 0.15) is 19.3 Å². The number of aliphatic hydroxyl groups excluding tert-OH is 1. The van der Waals surface area contributed by atoms with Crippen molar-refractivity contribution >= 4 is 39.5 Å². The molecule has 0 aromatic carbocycles. The van der Waals surface area contributed by atoms with E-state index in [0.29, 0.717) is 25.7 Å². The number of hydrogen-bond acceptors (Lipinski definition) is 15. The minimum Gasteiger partial charge on any atom is -0.462 e. The van der Waals surface area contributed by atoms with Crippen LogP contribution in [0.1, 0.15) is 427 Å². The van der Waals surface area contributed by atoms with E-state index in [1.54, 1.807) is 0 Å². The largest absolute Gasteiger partial charge is 0.472 e. The van der Waals surface area contributed by atoms with Gasteiger partial charge in [0.15, 0.2) is 12.2 Å². The summed E-state index contributed by atoms with van der Waals surface area (Å²) >= 11 is 0.